The summed E-state index contributed by atoms with van der Waals surface area (Å²) >= 11 is 6.24. The molecule has 1 atom stereocenters. The molecule has 0 heterocycles. The van der Waals surface area contributed by atoms with Crippen LogP contribution in [0.25, 0.3) is 0 Å². The summed E-state index contributed by atoms with van der Waals surface area (Å²) in [6.07, 6.45) is 0.385. The molecule has 0 saturated carbocycles. The molecule has 0 N–H and O–H groups in total. The highest BCUT2D eigenvalue weighted by atomic mass is 35.5. The number of alkyl halides is 1. The summed E-state index contributed by atoms with van der Waals surface area (Å²) < 4.78 is 16.5. The molecule has 0 spiro atoms. The highest BCUT2D eigenvalue weighted by Crippen LogP contribution is 2.33. The van der Waals surface area contributed by atoms with Crippen LogP contribution < -0.4 is 0 Å². The summed E-state index contributed by atoms with van der Waals surface area (Å²) in [6, 6.07) is 9.80. The normalized spacial score (nSPS) is 13.8. The first-order chi connectivity index (χ1) is 11.1. The van der Waals surface area contributed by atoms with Gasteiger partial charge in [0.05, 0.1) is 12.0 Å². The number of halogens is 1. The van der Waals surface area contributed by atoms with E-state index in [-0.39, 0.29) is 11.8 Å². The zero-order valence-corrected chi connectivity index (χ0v) is 15.0. The highest BCUT2D eigenvalue weighted by Gasteiger charge is 2.42. The van der Waals surface area contributed by atoms with E-state index < -0.39 is 11.7 Å². The number of hydrogen-bond acceptors (Lipinski definition) is 4. The molecule has 0 saturated heterocycles. The molecule has 0 aliphatic heterocycles. The number of carbonyl (C=O) groups is 1. The zero-order chi connectivity index (χ0) is 17.1. The van der Waals surface area contributed by atoms with E-state index in [9.17, 15) is 4.79 Å². The van der Waals surface area contributed by atoms with Crippen molar-refractivity contribution in [3.8, 4) is 0 Å². The molecule has 23 heavy (non-hydrogen) atoms. The van der Waals surface area contributed by atoms with Crippen LogP contribution in [0.1, 0.15) is 32.8 Å². The fourth-order valence-electron chi connectivity index (χ4n) is 2.51. The van der Waals surface area contributed by atoms with Gasteiger partial charge < -0.3 is 14.2 Å². The van der Waals surface area contributed by atoms with E-state index in [0.29, 0.717) is 32.7 Å². The van der Waals surface area contributed by atoms with E-state index in [1.54, 1.807) is 6.92 Å². The van der Waals surface area contributed by atoms with Crippen molar-refractivity contribution in [3.05, 3.63) is 35.9 Å². The van der Waals surface area contributed by atoms with Gasteiger partial charge in [0.1, 0.15) is 0 Å². The molecule has 1 aromatic carbocycles. The Morgan fingerprint density at radius 1 is 1.09 bits per heavy atom. The standard InChI is InChI=1S/C18H27ClO4/c1-4-21-16(22-5-2)13-18(14-19,17(20)23-6-3)12-15-10-8-7-9-11-15/h7-11,16H,4-6,12-14H2,1-3H3. The van der Waals surface area contributed by atoms with Crippen molar-refractivity contribution >= 4 is 17.6 Å². The fourth-order valence-corrected chi connectivity index (χ4v) is 2.82. The van der Waals surface area contributed by atoms with Crippen LogP contribution in [0.4, 0.5) is 0 Å². The molecule has 5 heteroatoms. The summed E-state index contributed by atoms with van der Waals surface area (Å²) in [5, 5.41) is 0. The van der Waals surface area contributed by atoms with Gasteiger partial charge in [0, 0.05) is 25.5 Å². The van der Waals surface area contributed by atoms with Crippen molar-refractivity contribution in [1.29, 1.82) is 0 Å². The Hall–Kier alpha value is -1.10. The topological polar surface area (TPSA) is 44.8 Å². The average Bonchev–Trinajstić information content (AvgIpc) is 2.55. The summed E-state index contributed by atoms with van der Waals surface area (Å²) in [5.41, 5.74) is 0.168. The number of rotatable bonds is 11. The molecule has 0 aromatic heterocycles. The van der Waals surface area contributed by atoms with Gasteiger partial charge in [-0.2, -0.15) is 0 Å². The largest absolute Gasteiger partial charge is 0.466 e. The van der Waals surface area contributed by atoms with Crippen molar-refractivity contribution in [3.63, 3.8) is 0 Å². The zero-order valence-electron chi connectivity index (χ0n) is 14.2. The maximum atomic E-state index is 12.6. The van der Waals surface area contributed by atoms with Crippen molar-refractivity contribution in [2.24, 2.45) is 5.41 Å². The molecule has 4 nitrogen and oxygen atoms in total. The van der Waals surface area contributed by atoms with Crippen molar-refractivity contribution in [2.75, 3.05) is 25.7 Å². The molecule has 0 bridgehead atoms. The van der Waals surface area contributed by atoms with Gasteiger partial charge in [-0.3, -0.25) is 4.79 Å². The average molecular weight is 343 g/mol. The van der Waals surface area contributed by atoms with Crippen LogP contribution in [0.2, 0.25) is 0 Å². The van der Waals surface area contributed by atoms with Crippen LogP contribution >= 0.6 is 11.6 Å². The predicted molar refractivity (Wildman–Crippen MR) is 91.6 cm³/mol. The lowest BCUT2D eigenvalue weighted by Crippen LogP contribution is -2.41. The molecule has 0 radical (unpaired) electrons. The van der Waals surface area contributed by atoms with Crippen molar-refractivity contribution in [2.45, 2.75) is 39.9 Å². The minimum Gasteiger partial charge on any atom is -0.466 e. The van der Waals surface area contributed by atoms with E-state index in [2.05, 4.69) is 0 Å². The van der Waals surface area contributed by atoms with Gasteiger partial charge in [-0.15, -0.1) is 11.6 Å². The van der Waals surface area contributed by atoms with Crippen LogP contribution in [-0.4, -0.2) is 38.0 Å². The van der Waals surface area contributed by atoms with E-state index in [1.165, 1.54) is 0 Å². The fraction of sp³-hybridized carbons (Fsp3) is 0.611. The number of benzene rings is 1. The Balaban J connectivity index is 3.04. The molecule has 1 rings (SSSR count). The predicted octanol–water partition coefficient (Wildman–Crippen LogP) is 3.81. The van der Waals surface area contributed by atoms with Gasteiger partial charge >= 0.3 is 5.97 Å². The first-order valence-corrected chi connectivity index (χ1v) is 8.65. The monoisotopic (exact) mass is 342 g/mol. The van der Waals surface area contributed by atoms with Crippen LogP contribution in [0.3, 0.4) is 0 Å². The van der Waals surface area contributed by atoms with Gasteiger partial charge in [-0.05, 0) is 32.8 Å². The lowest BCUT2D eigenvalue weighted by Gasteiger charge is -2.32. The van der Waals surface area contributed by atoms with Gasteiger partial charge in [0.2, 0.25) is 0 Å². The summed E-state index contributed by atoms with van der Waals surface area (Å²) in [7, 11) is 0. The Bertz CT molecular complexity index is 446. The quantitative estimate of drug-likeness (QED) is 0.348. The molecular formula is C18H27ClO4. The lowest BCUT2D eigenvalue weighted by molar-refractivity contribution is -0.175. The number of carbonyl (C=O) groups excluding carboxylic acids is 1. The minimum absolute atomic E-state index is 0.150. The van der Waals surface area contributed by atoms with Crippen molar-refractivity contribution < 1.29 is 19.0 Å². The maximum Gasteiger partial charge on any atom is 0.313 e. The highest BCUT2D eigenvalue weighted by molar-refractivity contribution is 6.19. The third kappa shape index (κ3) is 6.13. The summed E-state index contributed by atoms with van der Waals surface area (Å²) in [6.45, 7) is 6.93. The van der Waals surface area contributed by atoms with Gasteiger partial charge in [0.15, 0.2) is 6.29 Å². The smallest absolute Gasteiger partial charge is 0.313 e. The molecule has 0 fully saturated rings. The maximum absolute atomic E-state index is 12.6. The molecule has 0 amide bonds. The second-order valence-electron chi connectivity index (χ2n) is 5.34. The molecule has 0 aliphatic rings. The van der Waals surface area contributed by atoms with E-state index in [0.717, 1.165) is 5.56 Å². The lowest BCUT2D eigenvalue weighted by atomic mass is 9.80. The van der Waals surface area contributed by atoms with Crippen LogP contribution in [0.15, 0.2) is 30.3 Å². The van der Waals surface area contributed by atoms with Gasteiger partial charge in [-0.25, -0.2) is 0 Å². The summed E-state index contributed by atoms with van der Waals surface area (Å²) in [5.74, 6) is -0.152. The third-order valence-electron chi connectivity index (χ3n) is 3.61. The number of esters is 1. The SMILES string of the molecule is CCOC(=O)C(CCl)(Cc1ccccc1)CC(OCC)OCC. The Morgan fingerprint density at radius 3 is 2.17 bits per heavy atom. The molecule has 130 valence electrons. The second-order valence-corrected chi connectivity index (χ2v) is 5.61. The number of ether oxygens (including phenoxy) is 3. The van der Waals surface area contributed by atoms with Gasteiger partial charge in [0.25, 0.3) is 0 Å². The Labute approximate surface area is 144 Å². The van der Waals surface area contributed by atoms with Crippen molar-refractivity contribution in [1.82, 2.24) is 0 Å². The van der Waals surface area contributed by atoms with Crippen LogP contribution in [-0.2, 0) is 25.4 Å². The van der Waals surface area contributed by atoms with E-state index in [1.807, 2.05) is 44.2 Å². The molecule has 0 aliphatic carbocycles. The molecule has 1 unspecified atom stereocenters. The Morgan fingerprint density at radius 2 is 1.70 bits per heavy atom. The first kappa shape index (κ1) is 19.9. The van der Waals surface area contributed by atoms with E-state index >= 15 is 0 Å². The van der Waals surface area contributed by atoms with Crippen LogP contribution in [0, 0.1) is 5.41 Å². The summed E-state index contributed by atoms with van der Waals surface area (Å²) in [4.78, 5) is 12.6. The van der Waals surface area contributed by atoms with E-state index in [4.69, 9.17) is 25.8 Å². The Kier molecular flexibility index (Phi) is 9.22. The third-order valence-corrected chi connectivity index (χ3v) is 4.12. The van der Waals surface area contributed by atoms with Crippen LogP contribution in [0.5, 0.6) is 0 Å². The molecular weight excluding hydrogens is 316 g/mol. The second kappa shape index (κ2) is 10.6. The first-order valence-electron chi connectivity index (χ1n) is 8.12. The minimum atomic E-state index is -0.867. The number of hydrogen-bond donors (Lipinski definition) is 0. The van der Waals surface area contributed by atoms with Gasteiger partial charge in [-0.1, -0.05) is 30.3 Å². The molecule has 1 aromatic rings.